The Morgan fingerprint density at radius 3 is 2.38 bits per heavy atom. The highest BCUT2D eigenvalue weighted by atomic mass is 79.9. The number of phenolic OH excluding ortho intramolecular Hbond substituents is 1. The SMILES string of the molecule is Cc1cc(Br)c(O)c(C(=O)N2CCN(c3ccc(F)cc3)CC2)c1. The maximum atomic E-state index is 13.0. The molecule has 3 rings (SSSR count). The number of carbonyl (C=O) groups is 1. The Morgan fingerprint density at radius 2 is 1.75 bits per heavy atom. The predicted octanol–water partition coefficient (Wildman–Crippen LogP) is 3.56. The smallest absolute Gasteiger partial charge is 0.257 e. The van der Waals surface area contributed by atoms with Crippen molar-refractivity contribution >= 4 is 27.5 Å². The van der Waals surface area contributed by atoms with E-state index in [9.17, 15) is 14.3 Å². The largest absolute Gasteiger partial charge is 0.506 e. The van der Waals surface area contributed by atoms with Crippen molar-refractivity contribution in [2.75, 3.05) is 31.1 Å². The number of nitrogens with zero attached hydrogens (tertiary/aromatic N) is 2. The molecule has 24 heavy (non-hydrogen) atoms. The molecule has 0 aromatic heterocycles. The molecule has 0 unspecified atom stereocenters. The second-order valence-corrected chi connectivity index (χ2v) is 6.75. The topological polar surface area (TPSA) is 43.8 Å². The number of anilines is 1. The summed E-state index contributed by atoms with van der Waals surface area (Å²) in [6, 6.07) is 9.85. The van der Waals surface area contributed by atoms with Gasteiger partial charge in [-0.1, -0.05) is 0 Å². The third-order valence-corrected chi connectivity index (χ3v) is 4.80. The molecule has 1 amide bonds. The van der Waals surface area contributed by atoms with Crippen molar-refractivity contribution in [2.45, 2.75) is 6.92 Å². The van der Waals surface area contributed by atoms with E-state index in [0.29, 0.717) is 36.2 Å². The number of rotatable bonds is 2. The summed E-state index contributed by atoms with van der Waals surface area (Å²) < 4.78 is 13.5. The molecule has 6 heteroatoms. The summed E-state index contributed by atoms with van der Waals surface area (Å²) >= 11 is 3.28. The van der Waals surface area contributed by atoms with Crippen LogP contribution >= 0.6 is 15.9 Å². The molecule has 2 aromatic carbocycles. The zero-order valence-corrected chi connectivity index (χ0v) is 14.9. The normalized spacial score (nSPS) is 14.8. The van der Waals surface area contributed by atoms with Crippen molar-refractivity contribution in [3.05, 3.63) is 57.8 Å². The van der Waals surface area contributed by atoms with Crippen LogP contribution < -0.4 is 4.90 Å². The van der Waals surface area contributed by atoms with Gasteiger partial charge in [0.15, 0.2) is 0 Å². The van der Waals surface area contributed by atoms with Crippen molar-refractivity contribution < 1.29 is 14.3 Å². The summed E-state index contributed by atoms with van der Waals surface area (Å²) in [6.45, 7) is 4.34. The molecule has 0 atom stereocenters. The van der Waals surface area contributed by atoms with Crippen LogP contribution in [0, 0.1) is 12.7 Å². The van der Waals surface area contributed by atoms with Crippen LogP contribution in [0.15, 0.2) is 40.9 Å². The number of hydrogen-bond donors (Lipinski definition) is 1. The standard InChI is InChI=1S/C18H18BrFN2O2/c1-12-10-15(17(23)16(19)11-12)18(24)22-8-6-21(7-9-22)14-4-2-13(20)3-5-14/h2-5,10-11,23H,6-9H2,1H3. The highest BCUT2D eigenvalue weighted by molar-refractivity contribution is 9.10. The van der Waals surface area contributed by atoms with Crippen LogP contribution in [0.1, 0.15) is 15.9 Å². The van der Waals surface area contributed by atoms with E-state index in [-0.39, 0.29) is 17.5 Å². The van der Waals surface area contributed by atoms with Crippen LogP contribution in [-0.4, -0.2) is 42.1 Å². The fourth-order valence-electron chi connectivity index (χ4n) is 2.89. The van der Waals surface area contributed by atoms with E-state index in [4.69, 9.17) is 0 Å². The molecule has 1 aliphatic rings. The molecule has 1 N–H and O–H groups in total. The molecule has 0 spiro atoms. The summed E-state index contributed by atoms with van der Waals surface area (Å²) in [5.74, 6) is -0.449. The maximum absolute atomic E-state index is 13.0. The molecule has 2 aromatic rings. The first kappa shape index (κ1) is 16.8. The molecule has 1 saturated heterocycles. The van der Waals surface area contributed by atoms with Gasteiger partial charge in [0.2, 0.25) is 0 Å². The second-order valence-electron chi connectivity index (χ2n) is 5.90. The number of halogens is 2. The van der Waals surface area contributed by atoms with Crippen molar-refractivity contribution in [1.82, 2.24) is 4.90 Å². The lowest BCUT2D eigenvalue weighted by Gasteiger charge is -2.36. The van der Waals surface area contributed by atoms with Gasteiger partial charge in [0, 0.05) is 31.9 Å². The number of piperazine rings is 1. The molecule has 0 bridgehead atoms. The first-order valence-electron chi connectivity index (χ1n) is 7.74. The van der Waals surface area contributed by atoms with Gasteiger partial charge < -0.3 is 14.9 Å². The Bertz CT molecular complexity index is 756. The second kappa shape index (κ2) is 6.81. The minimum Gasteiger partial charge on any atom is -0.506 e. The third-order valence-electron chi connectivity index (χ3n) is 4.20. The van der Waals surface area contributed by atoms with E-state index in [1.165, 1.54) is 12.1 Å². The van der Waals surface area contributed by atoms with E-state index in [2.05, 4.69) is 20.8 Å². The van der Waals surface area contributed by atoms with Gasteiger partial charge in [0.05, 0.1) is 10.0 Å². The lowest BCUT2D eigenvalue weighted by Crippen LogP contribution is -2.48. The molecule has 4 nitrogen and oxygen atoms in total. The first-order chi connectivity index (χ1) is 11.5. The first-order valence-corrected chi connectivity index (χ1v) is 8.54. The highest BCUT2D eigenvalue weighted by Crippen LogP contribution is 2.30. The van der Waals surface area contributed by atoms with Crippen LogP contribution in [0.25, 0.3) is 0 Å². The van der Waals surface area contributed by atoms with E-state index in [0.717, 1.165) is 11.3 Å². The minimum atomic E-state index is -0.256. The monoisotopic (exact) mass is 392 g/mol. The molecule has 0 aliphatic carbocycles. The van der Waals surface area contributed by atoms with E-state index in [1.54, 1.807) is 29.2 Å². The summed E-state index contributed by atoms with van der Waals surface area (Å²) in [7, 11) is 0. The van der Waals surface area contributed by atoms with E-state index >= 15 is 0 Å². The summed E-state index contributed by atoms with van der Waals surface area (Å²) in [6.07, 6.45) is 0. The fraction of sp³-hybridized carbons (Fsp3) is 0.278. The summed E-state index contributed by atoms with van der Waals surface area (Å²) in [5.41, 5.74) is 2.18. The minimum absolute atomic E-state index is 0.0217. The molecule has 1 fully saturated rings. The van der Waals surface area contributed by atoms with Crippen LogP contribution in [0.5, 0.6) is 5.75 Å². The Morgan fingerprint density at radius 1 is 1.12 bits per heavy atom. The molecular weight excluding hydrogens is 375 g/mol. The van der Waals surface area contributed by atoms with Crippen molar-refractivity contribution in [2.24, 2.45) is 0 Å². The Kier molecular flexibility index (Phi) is 4.76. The molecule has 1 heterocycles. The number of aromatic hydroxyl groups is 1. The summed E-state index contributed by atoms with van der Waals surface area (Å²) in [5, 5.41) is 10.1. The number of hydrogen-bond acceptors (Lipinski definition) is 3. The summed E-state index contributed by atoms with van der Waals surface area (Å²) in [4.78, 5) is 16.5. The number of carbonyl (C=O) groups excluding carboxylic acids is 1. The molecule has 1 aliphatic heterocycles. The van der Waals surface area contributed by atoms with Crippen LogP contribution in [0.3, 0.4) is 0 Å². The van der Waals surface area contributed by atoms with Gasteiger partial charge in [-0.05, 0) is 64.8 Å². The van der Waals surface area contributed by atoms with E-state index < -0.39 is 0 Å². The van der Waals surface area contributed by atoms with Gasteiger partial charge in [0.25, 0.3) is 5.91 Å². The van der Waals surface area contributed by atoms with Gasteiger partial charge in [0.1, 0.15) is 11.6 Å². The van der Waals surface area contributed by atoms with Gasteiger partial charge in [-0.2, -0.15) is 0 Å². The van der Waals surface area contributed by atoms with Gasteiger partial charge >= 0.3 is 0 Å². The quantitative estimate of drug-likeness (QED) is 0.849. The number of amides is 1. The molecule has 126 valence electrons. The molecule has 0 saturated carbocycles. The molecular formula is C18H18BrFN2O2. The predicted molar refractivity (Wildman–Crippen MR) is 95.1 cm³/mol. The van der Waals surface area contributed by atoms with Crippen LogP contribution in [0.2, 0.25) is 0 Å². The molecule has 0 radical (unpaired) electrons. The highest BCUT2D eigenvalue weighted by Gasteiger charge is 2.25. The third kappa shape index (κ3) is 3.38. The Labute approximate surface area is 148 Å². The van der Waals surface area contributed by atoms with Gasteiger partial charge in [-0.15, -0.1) is 0 Å². The zero-order valence-electron chi connectivity index (χ0n) is 13.3. The van der Waals surface area contributed by atoms with Crippen molar-refractivity contribution in [1.29, 1.82) is 0 Å². The fourth-order valence-corrected chi connectivity index (χ4v) is 3.46. The number of benzene rings is 2. The van der Waals surface area contributed by atoms with Gasteiger partial charge in [-0.3, -0.25) is 4.79 Å². The van der Waals surface area contributed by atoms with Crippen LogP contribution in [-0.2, 0) is 0 Å². The lowest BCUT2D eigenvalue weighted by molar-refractivity contribution is 0.0743. The Balaban J connectivity index is 1.70. The average molecular weight is 393 g/mol. The van der Waals surface area contributed by atoms with Crippen molar-refractivity contribution in [3.8, 4) is 5.75 Å². The number of aryl methyl sites for hydroxylation is 1. The lowest BCUT2D eigenvalue weighted by atomic mass is 10.1. The van der Waals surface area contributed by atoms with Gasteiger partial charge in [-0.25, -0.2) is 4.39 Å². The zero-order chi connectivity index (χ0) is 17.3. The average Bonchev–Trinajstić information content (AvgIpc) is 2.58. The maximum Gasteiger partial charge on any atom is 0.257 e. The van der Waals surface area contributed by atoms with Crippen molar-refractivity contribution in [3.63, 3.8) is 0 Å². The Hall–Kier alpha value is -2.08. The van der Waals surface area contributed by atoms with E-state index in [1.807, 2.05) is 6.92 Å². The van der Waals surface area contributed by atoms with Crippen LogP contribution in [0.4, 0.5) is 10.1 Å². The number of phenols is 1.